The van der Waals surface area contributed by atoms with Crippen molar-refractivity contribution in [3.63, 3.8) is 0 Å². The Kier molecular flexibility index (Phi) is 3.40. The van der Waals surface area contributed by atoms with Crippen molar-refractivity contribution < 1.29 is 9.84 Å². The van der Waals surface area contributed by atoms with Crippen molar-refractivity contribution in [2.24, 2.45) is 0 Å². The van der Waals surface area contributed by atoms with Gasteiger partial charge in [-0.15, -0.1) is 0 Å². The summed E-state index contributed by atoms with van der Waals surface area (Å²) in [5.41, 5.74) is 3.11. The van der Waals surface area contributed by atoms with Crippen LogP contribution in [0.3, 0.4) is 0 Å². The van der Waals surface area contributed by atoms with Crippen molar-refractivity contribution in [3.8, 4) is 11.5 Å². The molecular weight excluding hydrogens is 263 g/mol. The lowest BCUT2D eigenvalue weighted by molar-refractivity contribution is 0.408. The third-order valence-electron chi connectivity index (χ3n) is 3.17. The third-order valence-corrected chi connectivity index (χ3v) is 3.17. The Morgan fingerprint density at radius 3 is 2.81 bits per heavy atom. The van der Waals surface area contributed by atoms with Crippen LogP contribution in [0.5, 0.6) is 11.5 Å². The molecule has 0 aliphatic carbocycles. The Bertz CT molecular complexity index is 805. The van der Waals surface area contributed by atoms with Gasteiger partial charge in [0.2, 0.25) is 0 Å². The summed E-state index contributed by atoms with van der Waals surface area (Å²) in [4.78, 5) is 4.31. The van der Waals surface area contributed by atoms with Gasteiger partial charge in [-0.05, 0) is 12.1 Å². The minimum atomic E-state index is 0.134. The Balaban J connectivity index is 2.05. The van der Waals surface area contributed by atoms with Gasteiger partial charge in [-0.2, -0.15) is 0 Å². The summed E-state index contributed by atoms with van der Waals surface area (Å²) < 4.78 is 5.15. The first-order valence-electron chi connectivity index (χ1n) is 6.45. The van der Waals surface area contributed by atoms with Crippen LogP contribution in [0, 0.1) is 0 Å². The predicted molar refractivity (Wildman–Crippen MR) is 85.1 cm³/mol. The fourth-order valence-corrected chi connectivity index (χ4v) is 2.20. The van der Waals surface area contributed by atoms with E-state index in [1.54, 1.807) is 31.5 Å². The summed E-state index contributed by atoms with van der Waals surface area (Å²) in [6, 6.07) is 12.4. The Labute approximate surface area is 123 Å². The van der Waals surface area contributed by atoms with Crippen LogP contribution >= 0.6 is 0 Å². The maximum absolute atomic E-state index is 9.71. The average molecular weight is 276 g/mol. The summed E-state index contributed by atoms with van der Waals surface area (Å²) >= 11 is 0. The molecule has 1 aromatic heterocycles. The van der Waals surface area contributed by atoms with Crippen LogP contribution in [0.1, 0.15) is 0 Å². The van der Waals surface area contributed by atoms with Crippen molar-refractivity contribution in [1.29, 1.82) is 0 Å². The van der Waals surface area contributed by atoms with Gasteiger partial charge in [0, 0.05) is 41.2 Å². The quantitative estimate of drug-likeness (QED) is 0.722. The fraction of sp³-hybridized carbons (Fsp3) is 0.0625. The Morgan fingerprint density at radius 2 is 2.00 bits per heavy atom. The van der Waals surface area contributed by atoms with Gasteiger partial charge in [-0.3, -0.25) is 4.98 Å². The molecule has 0 unspecified atom stereocenters. The number of aromatic hydroxyl groups is 1. The zero-order chi connectivity index (χ0) is 14.8. The molecule has 0 fully saturated rings. The van der Waals surface area contributed by atoms with Crippen molar-refractivity contribution in [3.05, 3.63) is 48.7 Å². The summed E-state index contributed by atoms with van der Waals surface area (Å²) in [6.07, 6.45) is 1.72. The van der Waals surface area contributed by atoms with Crippen LogP contribution < -0.4 is 15.5 Å². The predicted octanol–water partition coefficient (Wildman–Crippen LogP) is 2.49. The summed E-state index contributed by atoms with van der Waals surface area (Å²) in [5, 5.41) is 13.9. The van der Waals surface area contributed by atoms with Crippen molar-refractivity contribution in [2.75, 3.05) is 12.4 Å². The van der Waals surface area contributed by atoms with Gasteiger partial charge in [0.05, 0.1) is 12.6 Å². The minimum Gasteiger partial charge on any atom is -0.508 e. The topological polar surface area (TPSA) is 54.4 Å². The number of aromatic nitrogens is 1. The minimum absolute atomic E-state index is 0.134. The van der Waals surface area contributed by atoms with E-state index in [0.29, 0.717) is 11.2 Å². The molecule has 3 aromatic rings. The average Bonchev–Trinajstić information content (AvgIpc) is 2.47. The first kappa shape index (κ1) is 13.3. The molecule has 2 aromatic carbocycles. The lowest BCUT2D eigenvalue weighted by atomic mass is 9.94. The number of phenols is 1. The molecule has 0 amide bonds. The number of phenolic OH excluding ortho intramolecular Hbond substituents is 1. The maximum Gasteiger partial charge on any atom is 0.124 e. The fourth-order valence-electron chi connectivity index (χ4n) is 2.20. The molecular formula is C16H13BN2O2. The third kappa shape index (κ3) is 2.77. The van der Waals surface area contributed by atoms with Gasteiger partial charge < -0.3 is 15.2 Å². The molecule has 0 bridgehead atoms. The molecule has 0 aliphatic rings. The van der Waals surface area contributed by atoms with E-state index in [-0.39, 0.29) is 5.75 Å². The van der Waals surface area contributed by atoms with Crippen LogP contribution in [0.2, 0.25) is 0 Å². The number of pyridine rings is 1. The number of rotatable bonds is 3. The van der Waals surface area contributed by atoms with E-state index in [9.17, 15) is 5.11 Å². The molecule has 0 saturated heterocycles. The molecule has 5 heteroatoms. The van der Waals surface area contributed by atoms with Crippen molar-refractivity contribution in [1.82, 2.24) is 4.98 Å². The number of methoxy groups -OCH3 is 1. The molecule has 4 nitrogen and oxygen atoms in total. The molecule has 0 saturated carbocycles. The van der Waals surface area contributed by atoms with Gasteiger partial charge in [0.25, 0.3) is 0 Å². The van der Waals surface area contributed by atoms with Crippen LogP contribution in [0.15, 0.2) is 48.7 Å². The van der Waals surface area contributed by atoms with E-state index >= 15 is 0 Å². The van der Waals surface area contributed by atoms with E-state index in [1.165, 1.54) is 0 Å². The molecule has 2 radical (unpaired) electrons. The second kappa shape index (κ2) is 5.36. The van der Waals surface area contributed by atoms with Crippen LogP contribution in [0.4, 0.5) is 11.4 Å². The summed E-state index contributed by atoms with van der Waals surface area (Å²) in [6.45, 7) is 0. The normalized spacial score (nSPS) is 10.5. The first-order chi connectivity index (χ1) is 10.2. The zero-order valence-corrected chi connectivity index (χ0v) is 11.5. The van der Waals surface area contributed by atoms with E-state index in [2.05, 4.69) is 10.3 Å². The molecule has 1 heterocycles. The second-order valence-corrected chi connectivity index (χ2v) is 4.68. The molecule has 2 N–H and O–H groups in total. The second-order valence-electron chi connectivity index (χ2n) is 4.68. The zero-order valence-electron chi connectivity index (χ0n) is 11.5. The number of ether oxygens (including phenoxy) is 1. The number of benzene rings is 2. The SMILES string of the molecule is [B]c1ccc2nccc(Nc3cc(O)cc(OC)c3)c2c1. The van der Waals surface area contributed by atoms with E-state index in [4.69, 9.17) is 12.6 Å². The van der Waals surface area contributed by atoms with Crippen LogP contribution in [-0.2, 0) is 0 Å². The van der Waals surface area contributed by atoms with E-state index in [0.717, 1.165) is 22.3 Å². The number of fused-ring (bicyclic) bond motifs is 1. The monoisotopic (exact) mass is 276 g/mol. The highest BCUT2D eigenvalue weighted by atomic mass is 16.5. The first-order valence-corrected chi connectivity index (χ1v) is 6.45. The molecule has 0 atom stereocenters. The highest BCUT2D eigenvalue weighted by Crippen LogP contribution is 2.29. The lowest BCUT2D eigenvalue weighted by Crippen LogP contribution is -2.02. The lowest BCUT2D eigenvalue weighted by Gasteiger charge is -2.11. The Morgan fingerprint density at radius 1 is 1.14 bits per heavy atom. The number of anilines is 2. The molecule has 102 valence electrons. The summed E-state index contributed by atoms with van der Waals surface area (Å²) in [7, 11) is 7.40. The van der Waals surface area contributed by atoms with Crippen molar-refractivity contribution in [2.45, 2.75) is 0 Å². The molecule has 3 rings (SSSR count). The van der Waals surface area contributed by atoms with Gasteiger partial charge in [0.1, 0.15) is 19.3 Å². The van der Waals surface area contributed by atoms with Crippen LogP contribution in [-0.4, -0.2) is 25.0 Å². The molecule has 0 aliphatic heterocycles. The standard InChI is InChI=1S/C16H13BN2O2/c1-21-13-8-11(7-12(20)9-13)19-16-4-5-18-15-3-2-10(17)6-14(15)16/h2-9,20H,1H3,(H,18,19). The molecule has 0 spiro atoms. The van der Waals surface area contributed by atoms with Gasteiger partial charge >= 0.3 is 0 Å². The van der Waals surface area contributed by atoms with Gasteiger partial charge in [-0.1, -0.05) is 17.6 Å². The number of nitrogens with zero attached hydrogens (tertiary/aromatic N) is 1. The van der Waals surface area contributed by atoms with E-state index in [1.807, 2.05) is 24.3 Å². The number of hydrogen-bond acceptors (Lipinski definition) is 4. The summed E-state index contributed by atoms with van der Waals surface area (Å²) in [5.74, 6) is 0.713. The smallest absolute Gasteiger partial charge is 0.124 e. The maximum atomic E-state index is 9.71. The Hall–Kier alpha value is -2.69. The number of hydrogen-bond donors (Lipinski definition) is 2. The largest absolute Gasteiger partial charge is 0.508 e. The highest BCUT2D eigenvalue weighted by molar-refractivity contribution is 6.33. The van der Waals surface area contributed by atoms with E-state index < -0.39 is 0 Å². The molecule has 21 heavy (non-hydrogen) atoms. The van der Waals surface area contributed by atoms with Crippen molar-refractivity contribution >= 4 is 35.6 Å². The van der Waals surface area contributed by atoms with Gasteiger partial charge in [0.15, 0.2) is 0 Å². The van der Waals surface area contributed by atoms with Crippen LogP contribution in [0.25, 0.3) is 10.9 Å². The number of nitrogens with one attached hydrogen (secondary N) is 1. The van der Waals surface area contributed by atoms with Gasteiger partial charge in [-0.25, -0.2) is 0 Å². The highest BCUT2D eigenvalue weighted by Gasteiger charge is 2.05.